The van der Waals surface area contributed by atoms with E-state index in [0.717, 1.165) is 13.1 Å². The molecule has 0 amide bonds. The lowest BCUT2D eigenvalue weighted by Crippen LogP contribution is -2.39. The van der Waals surface area contributed by atoms with Crippen molar-refractivity contribution in [1.82, 2.24) is 10.3 Å². The summed E-state index contributed by atoms with van der Waals surface area (Å²) in [6.45, 7) is 4.34. The average molecular weight is 154 g/mol. The maximum absolute atomic E-state index is 4.32. The monoisotopic (exact) mass is 154 g/mol. The predicted octanol–water partition coefficient (Wildman–Crippen LogP) is 1.14. The summed E-state index contributed by atoms with van der Waals surface area (Å²) in [5, 5.41) is 4.54. The second-order valence-corrected chi connectivity index (χ2v) is 3.93. The van der Waals surface area contributed by atoms with Gasteiger partial charge >= 0.3 is 0 Å². The van der Waals surface area contributed by atoms with E-state index in [1.165, 1.54) is 9.88 Å². The van der Waals surface area contributed by atoms with Crippen LogP contribution in [-0.4, -0.2) is 18.1 Å². The maximum Gasteiger partial charge on any atom is 0.0983 e. The lowest BCUT2D eigenvalue weighted by molar-refractivity contribution is 0.447. The number of nitrogens with zero attached hydrogens (tertiary/aromatic N) is 1. The highest BCUT2D eigenvalue weighted by Gasteiger charge is 2.21. The summed E-state index contributed by atoms with van der Waals surface area (Å²) in [4.78, 5) is 5.64. The number of aryl methyl sites for hydroxylation is 1. The molecule has 0 atom stereocenters. The summed E-state index contributed by atoms with van der Waals surface area (Å²) in [7, 11) is 0. The number of hydrogen-bond acceptors (Lipinski definition) is 3. The first-order valence-electron chi connectivity index (χ1n) is 3.49. The van der Waals surface area contributed by atoms with Gasteiger partial charge in [-0.15, -0.1) is 11.3 Å². The second-order valence-electron chi connectivity index (χ2n) is 2.66. The zero-order valence-corrected chi connectivity index (χ0v) is 6.74. The fourth-order valence-corrected chi connectivity index (χ4v) is 1.90. The molecule has 0 aromatic carbocycles. The van der Waals surface area contributed by atoms with Gasteiger partial charge < -0.3 is 5.32 Å². The first-order chi connectivity index (χ1) is 4.86. The van der Waals surface area contributed by atoms with Crippen LogP contribution >= 0.6 is 11.3 Å². The first-order valence-corrected chi connectivity index (χ1v) is 4.31. The Kier molecular flexibility index (Phi) is 1.47. The summed E-state index contributed by atoms with van der Waals surface area (Å²) < 4.78 is 0. The van der Waals surface area contributed by atoms with Gasteiger partial charge in [0.1, 0.15) is 0 Å². The highest BCUT2D eigenvalue weighted by atomic mass is 32.1. The third-order valence-electron chi connectivity index (χ3n) is 1.77. The molecule has 1 fully saturated rings. The smallest absolute Gasteiger partial charge is 0.0983 e. The van der Waals surface area contributed by atoms with Crippen LogP contribution in [0.2, 0.25) is 0 Å². The fraction of sp³-hybridized carbons (Fsp3) is 0.571. The minimum Gasteiger partial charge on any atom is -0.315 e. The van der Waals surface area contributed by atoms with Gasteiger partial charge in [-0.25, -0.2) is 4.98 Å². The summed E-state index contributed by atoms with van der Waals surface area (Å²) in [5.74, 6) is 0.707. The van der Waals surface area contributed by atoms with Gasteiger partial charge in [0.05, 0.1) is 5.01 Å². The van der Waals surface area contributed by atoms with Crippen LogP contribution in [0, 0.1) is 6.92 Å². The number of nitrogens with one attached hydrogen (secondary N) is 1. The molecular weight excluding hydrogens is 144 g/mol. The van der Waals surface area contributed by atoms with Crippen LogP contribution in [0.25, 0.3) is 0 Å². The molecule has 0 unspecified atom stereocenters. The molecule has 1 aromatic rings. The lowest BCUT2D eigenvalue weighted by Gasteiger charge is -2.24. The molecule has 54 valence electrons. The molecule has 10 heavy (non-hydrogen) atoms. The van der Waals surface area contributed by atoms with Crippen molar-refractivity contribution in [2.75, 3.05) is 13.1 Å². The van der Waals surface area contributed by atoms with E-state index < -0.39 is 0 Å². The molecule has 2 heterocycles. The van der Waals surface area contributed by atoms with Crippen molar-refractivity contribution in [2.45, 2.75) is 12.8 Å². The van der Waals surface area contributed by atoms with Crippen LogP contribution < -0.4 is 5.32 Å². The Hall–Kier alpha value is -0.410. The molecule has 0 radical (unpaired) electrons. The van der Waals surface area contributed by atoms with Crippen molar-refractivity contribution in [2.24, 2.45) is 0 Å². The van der Waals surface area contributed by atoms with E-state index in [1.54, 1.807) is 0 Å². The molecule has 0 bridgehead atoms. The minimum absolute atomic E-state index is 0.707. The number of hydrogen-bond donors (Lipinski definition) is 1. The third kappa shape index (κ3) is 0.954. The van der Waals surface area contributed by atoms with E-state index in [1.807, 2.05) is 17.5 Å². The van der Waals surface area contributed by atoms with Crippen molar-refractivity contribution >= 4 is 11.3 Å². The number of aromatic nitrogens is 1. The molecular formula is C7H10N2S. The Morgan fingerprint density at radius 2 is 2.50 bits per heavy atom. The summed E-state index contributed by atoms with van der Waals surface area (Å²) in [5.41, 5.74) is 0. The normalized spacial score (nSPS) is 18.9. The van der Waals surface area contributed by atoms with Crippen LogP contribution in [0.3, 0.4) is 0 Å². The largest absolute Gasteiger partial charge is 0.315 e. The summed E-state index contributed by atoms with van der Waals surface area (Å²) >= 11 is 1.82. The lowest BCUT2D eigenvalue weighted by atomic mass is 10.1. The van der Waals surface area contributed by atoms with Crippen LogP contribution in [0.5, 0.6) is 0 Å². The Morgan fingerprint density at radius 1 is 1.70 bits per heavy atom. The SMILES string of the molecule is Cc1cnc(C2CNC2)s1. The van der Waals surface area contributed by atoms with Crippen LogP contribution in [0.4, 0.5) is 0 Å². The highest BCUT2D eigenvalue weighted by Crippen LogP contribution is 2.23. The van der Waals surface area contributed by atoms with E-state index in [0.29, 0.717) is 5.92 Å². The van der Waals surface area contributed by atoms with Crippen LogP contribution in [0.1, 0.15) is 15.8 Å². The molecule has 0 saturated carbocycles. The molecule has 0 spiro atoms. The Labute approximate surface area is 64.3 Å². The highest BCUT2D eigenvalue weighted by molar-refractivity contribution is 7.11. The van der Waals surface area contributed by atoms with Crippen molar-refractivity contribution in [3.05, 3.63) is 16.1 Å². The minimum atomic E-state index is 0.707. The molecule has 1 aliphatic rings. The zero-order valence-electron chi connectivity index (χ0n) is 5.92. The van der Waals surface area contributed by atoms with Gasteiger partial charge in [-0.05, 0) is 6.92 Å². The predicted molar refractivity (Wildman–Crippen MR) is 42.5 cm³/mol. The van der Waals surface area contributed by atoms with E-state index in [4.69, 9.17) is 0 Å². The molecule has 1 aromatic heterocycles. The van der Waals surface area contributed by atoms with Gasteiger partial charge in [0, 0.05) is 30.1 Å². The van der Waals surface area contributed by atoms with Gasteiger partial charge in [0.2, 0.25) is 0 Å². The maximum atomic E-state index is 4.32. The van der Waals surface area contributed by atoms with Gasteiger partial charge in [-0.1, -0.05) is 0 Å². The van der Waals surface area contributed by atoms with Gasteiger partial charge in [-0.2, -0.15) is 0 Å². The van der Waals surface area contributed by atoms with Crippen molar-refractivity contribution in [1.29, 1.82) is 0 Å². The quantitative estimate of drug-likeness (QED) is 0.656. The first kappa shape index (κ1) is 6.31. The molecule has 2 rings (SSSR count). The second kappa shape index (κ2) is 2.32. The number of thiazole rings is 1. The standard InChI is InChI=1S/C7H10N2S/c1-5-2-9-7(10-5)6-3-8-4-6/h2,6,8H,3-4H2,1H3. The topological polar surface area (TPSA) is 24.9 Å². The van der Waals surface area contributed by atoms with Gasteiger partial charge in [0.25, 0.3) is 0 Å². The Balaban J connectivity index is 2.17. The molecule has 1 aliphatic heterocycles. The molecule has 2 nitrogen and oxygen atoms in total. The van der Waals surface area contributed by atoms with Gasteiger partial charge in [0.15, 0.2) is 0 Å². The fourth-order valence-electron chi connectivity index (χ4n) is 1.02. The molecule has 1 N–H and O–H groups in total. The Bertz CT molecular complexity index is 227. The van der Waals surface area contributed by atoms with Gasteiger partial charge in [-0.3, -0.25) is 0 Å². The van der Waals surface area contributed by atoms with Crippen LogP contribution in [0.15, 0.2) is 6.20 Å². The zero-order chi connectivity index (χ0) is 6.97. The van der Waals surface area contributed by atoms with Crippen LogP contribution in [-0.2, 0) is 0 Å². The van der Waals surface area contributed by atoms with E-state index >= 15 is 0 Å². The van der Waals surface area contributed by atoms with E-state index in [2.05, 4.69) is 17.2 Å². The van der Waals surface area contributed by atoms with Crippen molar-refractivity contribution in [3.63, 3.8) is 0 Å². The average Bonchev–Trinajstić information content (AvgIpc) is 2.10. The summed E-state index contributed by atoms with van der Waals surface area (Å²) in [6.07, 6.45) is 1.96. The number of rotatable bonds is 1. The summed E-state index contributed by atoms with van der Waals surface area (Å²) in [6, 6.07) is 0. The molecule has 3 heteroatoms. The molecule has 0 aliphatic carbocycles. The van der Waals surface area contributed by atoms with Crippen molar-refractivity contribution in [3.8, 4) is 0 Å². The van der Waals surface area contributed by atoms with E-state index in [-0.39, 0.29) is 0 Å². The van der Waals surface area contributed by atoms with E-state index in [9.17, 15) is 0 Å². The Morgan fingerprint density at radius 3 is 2.90 bits per heavy atom. The third-order valence-corrected chi connectivity index (χ3v) is 2.85. The van der Waals surface area contributed by atoms with Crippen molar-refractivity contribution < 1.29 is 0 Å². The molecule has 1 saturated heterocycles.